The second-order valence-corrected chi connectivity index (χ2v) is 5.49. The molecule has 1 fully saturated rings. The van der Waals surface area contributed by atoms with Crippen LogP contribution in [0.25, 0.3) is 0 Å². The van der Waals surface area contributed by atoms with E-state index in [1.807, 2.05) is 0 Å². The van der Waals surface area contributed by atoms with Crippen molar-refractivity contribution in [3.63, 3.8) is 0 Å². The Morgan fingerprint density at radius 2 is 1.40 bits per heavy atom. The third-order valence-electron chi connectivity index (χ3n) is 3.93. The molecule has 0 spiro atoms. The summed E-state index contributed by atoms with van der Waals surface area (Å²) >= 11 is 0. The van der Waals surface area contributed by atoms with E-state index in [0.29, 0.717) is 12.1 Å². The van der Waals surface area contributed by atoms with Crippen molar-refractivity contribution in [1.82, 2.24) is 4.90 Å². The zero-order valence-corrected chi connectivity index (χ0v) is 11.9. The molecular weight excluding hydrogens is 246 g/mol. The van der Waals surface area contributed by atoms with Gasteiger partial charge in [-0.3, -0.25) is 4.90 Å². The van der Waals surface area contributed by atoms with Gasteiger partial charge < -0.3 is 4.74 Å². The summed E-state index contributed by atoms with van der Waals surface area (Å²) in [5.74, 6) is 0. The van der Waals surface area contributed by atoms with E-state index in [9.17, 15) is 0 Å². The van der Waals surface area contributed by atoms with E-state index in [1.54, 1.807) is 0 Å². The summed E-state index contributed by atoms with van der Waals surface area (Å²) in [6.45, 7) is 5.11. The summed E-state index contributed by atoms with van der Waals surface area (Å²) < 4.78 is 5.48. The zero-order chi connectivity index (χ0) is 13.8. The molecule has 0 radical (unpaired) electrons. The Kier molecular flexibility index (Phi) is 4.14. The van der Waals surface area contributed by atoms with Crippen molar-refractivity contribution in [3.05, 3.63) is 71.8 Å². The van der Waals surface area contributed by atoms with Crippen LogP contribution in [0.1, 0.15) is 18.1 Å². The molecule has 2 nitrogen and oxygen atoms in total. The van der Waals surface area contributed by atoms with Gasteiger partial charge in [0.2, 0.25) is 0 Å². The summed E-state index contributed by atoms with van der Waals surface area (Å²) in [4.78, 5) is 2.50. The second-order valence-electron chi connectivity index (χ2n) is 5.49. The molecule has 1 heterocycles. The SMILES string of the molecule is C[C@H]([C@@H]1CO1)N(Cc1ccccc1)Cc1ccccc1. The normalized spacial score (nSPS) is 19.0. The van der Waals surface area contributed by atoms with E-state index >= 15 is 0 Å². The van der Waals surface area contributed by atoms with E-state index in [-0.39, 0.29) is 0 Å². The molecule has 0 aliphatic carbocycles. The summed E-state index contributed by atoms with van der Waals surface area (Å²) in [5, 5.41) is 0. The molecule has 0 N–H and O–H groups in total. The molecule has 1 saturated heterocycles. The van der Waals surface area contributed by atoms with Gasteiger partial charge in [0, 0.05) is 19.1 Å². The first kappa shape index (κ1) is 13.3. The van der Waals surface area contributed by atoms with Gasteiger partial charge in [-0.05, 0) is 18.1 Å². The standard InChI is InChI=1S/C18H21NO/c1-15(18-14-20-18)19(12-16-8-4-2-5-9-16)13-17-10-6-3-7-11-17/h2-11,15,18H,12-14H2,1H3/t15-,18+/m1/s1. The average Bonchev–Trinajstić information content (AvgIpc) is 3.33. The molecule has 1 aliphatic heterocycles. The van der Waals surface area contributed by atoms with Crippen molar-refractivity contribution >= 4 is 0 Å². The number of rotatable bonds is 6. The summed E-state index contributed by atoms with van der Waals surface area (Å²) in [6.07, 6.45) is 0.405. The maximum atomic E-state index is 5.48. The predicted molar refractivity (Wildman–Crippen MR) is 81.3 cm³/mol. The smallest absolute Gasteiger partial charge is 0.0962 e. The lowest BCUT2D eigenvalue weighted by Crippen LogP contribution is -2.36. The fourth-order valence-corrected chi connectivity index (χ4v) is 2.55. The van der Waals surface area contributed by atoms with Crippen LogP contribution in [-0.4, -0.2) is 23.7 Å². The second kappa shape index (κ2) is 6.21. The fourth-order valence-electron chi connectivity index (χ4n) is 2.55. The molecule has 0 aromatic heterocycles. The predicted octanol–water partition coefficient (Wildman–Crippen LogP) is 3.48. The first-order valence-corrected chi connectivity index (χ1v) is 7.26. The highest BCUT2D eigenvalue weighted by Crippen LogP contribution is 2.22. The minimum atomic E-state index is 0.405. The molecule has 0 bridgehead atoms. The molecule has 2 aromatic rings. The van der Waals surface area contributed by atoms with Gasteiger partial charge in [-0.2, -0.15) is 0 Å². The average molecular weight is 267 g/mol. The summed E-state index contributed by atoms with van der Waals surface area (Å²) in [7, 11) is 0. The van der Waals surface area contributed by atoms with Crippen molar-refractivity contribution in [2.75, 3.05) is 6.61 Å². The third-order valence-corrected chi connectivity index (χ3v) is 3.93. The maximum absolute atomic E-state index is 5.48. The van der Waals surface area contributed by atoms with Crippen LogP contribution in [-0.2, 0) is 17.8 Å². The van der Waals surface area contributed by atoms with Crippen LogP contribution in [0, 0.1) is 0 Å². The number of benzene rings is 2. The minimum Gasteiger partial charge on any atom is -0.371 e. The molecule has 1 aliphatic rings. The van der Waals surface area contributed by atoms with Crippen LogP contribution in [0.5, 0.6) is 0 Å². The quantitative estimate of drug-likeness (QED) is 0.745. The van der Waals surface area contributed by atoms with Crippen LogP contribution in [0.15, 0.2) is 60.7 Å². The van der Waals surface area contributed by atoms with Crippen molar-refractivity contribution in [1.29, 1.82) is 0 Å². The number of ether oxygens (including phenoxy) is 1. The topological polar surface area (TPSA) is 15.8 Å². The Hall–Kier alpha value is -1.64. The first-order valence-electron chi connectivity index (χ1n) is 7.26. The Bertz CT molecular complexity index is 480. The lowest BCUT2D eigenvalue weighted by molar-refractivity contribution is 0.157. The zero-order valence-electron chi connectivity index (χ0n) is 11.9. The molecule has 104 valence electrons. The molecule has 3 rings (SSSR count). The number of hydrogen-bond donors (Lipinski definition) is 0. The van der Waals surface area contributed by atoms with Crippen molar-refractivity contribution < 1.29 is 4.74 Å². The van der Waals surface area contributed by atoms with Crippen LogP contribution in [0.2, 0.25) is 0 Å². The number of nitrogens with zero attached hydrogens (tertiary/aromatic N) is 1. The van der Waals surface area contributed by atoms with Crippen molar-refractivity contribution in [3.8, 4) is 0 Å². The monoisotopic (exact) mass is 267 g/mol. The molecule has 20 heavy (non-hydrogen) atoms. The van der Waals surface area contributed by atoms with Gasteiger partial charge >= 0.3 is 0 Å². The van der Waals surface area contributed by atoms with E-state index < -0.39 is 0 Å². The molecule has 2 aromatic carbocycles. The first-order chi connectivity index (χ1) is 9.83. The molecule has 2 atom stereocenters. The van der Waals surface area contributed by atoms with Gasteiger partial charge in [0.05, 0.1) is 12.7 Å². The number of hydrogen-bond acceptors (Lipinski definition) is 2. The molecular formula is C18H21NO. The Morgan fingerprint density at radius 1 is 0.950 bits per heavy atom. The lowest BCUT2D eigenvalue weighted by atomic mass is 10.1. The fraction of sp³-hybridized carbons (Fsp3) is 0.333. The number of epoxide rings is 1. The Balaban J connectivity index is 1.73. The van der Waals surface area contributed by atoms with Crippen molar-refractivity contribution in [2.45, 2.75) is 32.2 Å². The summed E-state index contributed by atoms with van der Waals surface area (Å²) in [6, 6.07) is 21.8. The van der Waals surface area contributed by atoms with Gasteiger partial charge in [0.1, 0.15) is 0 Å². The molecule has 0 amide bonds. The Labute approximate surface area is 121 Å². The van der Waals surface area contributed by atoms with Crippen LogP contribution in [0.3, 0.4) is 0 Å². The summed E-state index contributed by atoms with van der Waals surface area (Å²) in [5.41, 5.74) is 2.71. The van der Waals surface area contributed by atoms with Crippen LogP contribution >= 0.6 is 0 Å². The highest BCUT2D eigenvalue weighted by Gasteiger charge is 2.33. The highest BCUT2D eigenvalue weighted by molar-refractivity contribution is 5.17. The van der Waals surface area contributed by atoms with Crippen LogP contribution < -0.4 is 0 Å². The van der Waals surface area contributed by atoms with Crippen LogP contribution in [0.4, 0.5) is 0 Å². The van der Waals surface area contributed by atoms with Gasteiger partial charge in [0.25, 0.3) is 0 Å². The van der Waals surface area contributed by atoms with Gasteiger partial charge in [-0.1, -0.05) is 60.7 Å². The molecule has 0 unspecified atom stereocenters. The Morgan fingerprint density at radius 3 is 1.80 bits per heavy atom. The highest BCUT2D eigenvalue weighted by atomic mass is 16.6. The van der Waals surface area contributed by atoms with Gasteiger partial charge in [-0.25, -0.2) is 0 Å². The maximum Gasteiger partial charge on any atom is 0.0962 e. The van der Waals surface area contributed by atoms with E-state index in [1.165, 1.54) is 11.1 Å². The molecule has 2 heteroatoms. The third kappa shape index (κ3) is 3.47. The molecule has 0 saturated carbocycles. The van der Waals surface area contributed by atoms with Crippen molar-refractivity contribution in [2.24, 2.45) is 0 Å². The van der Waals surface area contributed by atoms with E-state index in [2.05, 4.69) is 72.5 Å². The lowest BCUT2D eigenvalue weighted by Gasteiger charge is -2.28. The minimum absolute atomic E-state index is 0.405. The van der Waals surface area contributed by atoms with E-state index in [4.69, 9.17) is 4.74 Å². The largest absolute Gasteiger partial charge is 0.371 e. The van der Waals surface area contributed by atoms with Gasteiger partial charge in [-0.15, -0.1) is 0 Å². The van der Waals surface area contributed by atoms with Gasteiger partial charge in [0.15, 0.2) is 0 Å². The van der Waals surface area contributed by atoms with E-state index in [0.717, 1.165) is 19.7 Å².